The Morgan fingerprint density at radius 3 is 2.33 bits per heavy atom. The predicted octanol–water partition coefficient (Wildman–Crippen LogP) is 2.02. The lowest BCUT2D eigenvalue weighted by Crippen LogP contribution is -2.06. The summed E-state index contributed by atoms with van der Waals surface area (Å²) in [4.78, 5) is 4.07. The molecule has 0 radical (unpaired) electrons. The Labute approximate surface area is 101 Å². The molecule has 18 heavy (non-hydrogen) atoms. The van der Waals surface area contributed by atoms with E-state index in [9.17, 15) is 13.2 Å². The first-order valence-electron chi connectivity index (χ1n) is 5.07. The quantitative estimate of drug-likeness (QED) is 0.890. The van der Waals surface area contributed by atoms with Crippen molar-refractivity contribution in [2.45, 2.75) is 12.7 Å². The summed E-state index contributed by atoms with van der Waals surface area (Å²) in [7, 11) is 0. The number of nitrogens with zero attached hydrogens (tertiary/aromatic N) is 3. The molecule has 0 bridgehead atoms. The monoisotopic (exact) mass is 254 g/mol. The van der Waals surface area contributed by atoms with Gasteiger partial charge in [0, 0.05) is 5.56 Å². The molecule has 1 aromatic carbocycles. The van der Waals surface area contributed by atoms with E-state index in [2.05, 4.69) is 15.2 Å². The maximum Gasteiger partial charge on any atom is 0.416 e. The fraction of sp³-hybridized carbons (Fsp3) is 0.182. The van der Waals surface area contributed by atoms with Crippen molar-refractivity contribution in [3.05, 3.63) is 41.9 Å². The Hall–Kier alpha value is -2.02. The normalized spacial score (nSPS) is 11.6. The second-order valence-corrected chi connectivity index (χ2v) is 3.54. The van der Waals surface area contributed by atoms with E-state index in [4.69, 9.17) is 5.73 Å². The zero-order chi connectivity index (χ0) is 13.2. The smallest absolute Gasteiger partial charge is 0.324 e. The standard InChI is InChI=1S/C11H9F3N4/c12-11(13,14)8-3-1-7(2-4-8)9-6-16-18-10(5-15)17-9/h1-4,6H,5,15H2. The zero-order valence-electron chi connectivity index (χ0n) is 9.15. The molecule has 0 saturated carbocycles. The van der Waals surface area contributed by atoms with E-state index in [0.717, 1.165) is 12.1 Å². The van der Waals surface area contributed by atoms with Crippen LogP contribution < -0.4 is 5.73 Å². The fourth-order valence-electron chi connectivity index (χ4n) is 1.40. The van der Waals surface area contributed by atoms with Crippen molar-refractivity contribution in [3.8, 4) is 11.3 Å². The lowest BCUT2D eigenvalue weighted by molar-refractivity contribution is -0.137. The SMILES string of the molecule is NCc1nncc(-c2ccc(C(F)(F)F)cc2)n1. The average molecular weight is 254 g/mol. The third-order valence-electron chi connectivity index (χ3n) is 2.29. The summed E-state index contributed by atoms with van der Waals surface area (Å²) in [5.74, 6) is 0.340. The molecule has 0 amide bonds. The number of hydrogen-bond acceptors (Lipinski definition) is 4. The molecule has 94 valence electrons. The maximum absolute atomic E-state index is 12.4. The Morgan fingerprint density at radius 1 is 1.11 bits per heavy atom. The number of aromatic nitrogens is 3. The van der Waals surface area contributed by atoms with E-state index in [0.29, 0.717) is 17.1 Å². The highest BCUT2D eigenvalue weighted by molar-refractivity contribution is 5.58. The Balaban J connectivity index is 2.34. The number of rotatable bonds is 2. The summed E-state index contributed by atoms with van der Waals surface area (Å²) in [5.41, 5.74) is 5.64. The van der Waals surface area contributed by atoms with Crippen LogP contribution in [0.2, 0.25) is 0 Å². The van der Waals surface area contributed by atoms with Crippen molar-refractivity contribution in [2.75, 3.05) is 0 Å². The van der Waals surface area contributed by atoms with E-state index in [-0.39, 0.29) is 6.54 Å². The van der Waals surface area contributed by atoms with Crippen molar-refractivity contribution in [1.82, 2.24) is 15.2 Å². The number of alkyl halides is 3. The van der Waals surface area contributed by atoms with Crippen LogP contribution in [0.4, 0.5) is 13.2 Å². The van der Waals surface area contributed by atoms with Gasteiger partial charge in [-0.3, -0.25) is 0 Å². The van der Waals surface area contributed by atoms with Crippen molar-refractivity contribution < 1.29 is 13.2 Å². The van der Waals surface area contributed by atoms with Crippen LogP contribution in [0.5, 0.6) is 0 Å². The molecule has 2 rings (SSSR count). The summed E-state index contributed by atoms with van der Waals surface area (Å²) in [5, 5.41) is 7.36. The maximum atomic E-state index is 12.4. The van der Waals surface area contributed by atoms with E-state index < -0.39 is 11.7 Å². The third kappa shape index (κ3) is 2.62. The van der Waals surface area contributed by atoms with E-state index in [1.54, 1.807) is 0 Å². The van der Waals surface area contributed by atoms with Gasteiger partial charge >= 0.3 is 6.18 Å². The van der Waals surface area contributed by atoms with Crippen LogP contribution in [0.1, 0.15) is 11.4 Å². The molecule has 7 heteroatoms. The molecule has 2 N–H and O–H groups in total. The molecule has 0 saturated heterocycles. The second-order valence-electron chi connectivity index (χ2n) is 3.54. The number of nitrogens with two attached hydrogens (primary N) is 1. The number of hydrogen-bond donors (Lipinski definition) is 1. The van der Waals surface area contributed by atoms with Gasteiger partial charge < -0.3 is 5.73 Å². The van der Waals surface area contributed by atoms with Crippen molar-refractivity contribution in [1.29, 1.82) is 0 Å². The van der Waals surface area contributed by atoms with Crippen LogP contribution in [0.3, 0.4) is 0 Å². The largest absolute Gasteiger partial charge is 0.416 e. The molecule has 4 nitrogen and oxygen atoms in total. The van der Waals surface area contributed by atoms with Crippen molar-refractivity contribution >= 4 is 0 Å². The first-order chi connectivity index (χ1) is 8.50. The van der Waals surface area contributed by atoms with E-state index in [1.807, 2.05) is 0 Å². The molecule has 2 aromatic rings. The first kappa shape index (κ1) is 12.4. The summed E-state index contributed by atoms with van der Waals surface area (Å²) in [6.45, 7) is 0.126. The molecule has 1 aromatic heterocycles. The van der Waals surface area contributed by atoms with Gasteiger partial charge in [0.05, 0.1) is 24.0 Å². The second kappa shape index (κ2) is 4.69. The van der Waals surface area contributed by atoms with Crippen LogP contribution in [0.15, 0.2) is 30.5 Å². The lowest BCUT2D eigenvalue weighted by Gasteiger charge is -2.07. The minimum atomic E-state index is -4.34. The van der Waals surface area contributed by atoms with Crippen LogP contribution in [-0.4, -0.2) is 15.2 Å². The third-order valence-corrected chi connectivity index (χ3v) is 2.29. The highest BCUT2D eigenvalue weighted by atomic mass is 19.4. The molecule has 0 atom stereocenters. The summed E-state index contributed by atoms with van der Waals surface area (Å²) in [6.07, 6.45) is -2.97. The molecule has 1 heterocycles. The number of halogens is 3. The molecule has 0 fully saturated rings. The molecule has 0 aliphatic carbocycles. The molecule has 0 unspecified atom stereocenters. The van der Waals surface area contributed by atoms with Gasteiger partial charge in [0.2, 0.25) is 0 Å². The van der Waals surface area contributed by atoms with Crippen LogP contribution in [-0.2, 0) is 12.7 Å². The van der Waals surface area contributed by atoms with Crippen LogP contribution in [0.25, 0.3) is 11.3 Å². The van der Waals surface area contributed by atoms with Gasteiger partial charge in [0.25, 0.3) is 0 Å². The van der Waals surface area contributed by atoms with Gasteiger partial charge in [0.15, 0.2) is 5.82 Å². The van der Waals surface area contributed by atoms with Crippen molar-refractivity contribution in [2.24, 2.45) is 5.73 Å². The molecule has 0 aliphatic heterocycles. The summed E-state index contributed by atoms with van der Waals surface area (Å²) in [6, 6.07) is 4.68. The van der Waals surface area contributed by atoms with Gasteiger partial charge in [-0.25, -0.2) is 4.98 Å². The van der Waals surface area contributed by atoms with Gasteiger partial charge in [-0.2, -0.15) is 18.3 Å². The van der Waals surface area contributed by atoms with E-state index >= 15 is 0 Å². The zero-order valence-corrected chi connectivity index (χ0v) is 9.15. The van der Waals surface area contributed by atoms with Gasteiger partial charge in [-0.1, -0.05) is 12.1 Å². The molecule has 0 aliphatic rings. The average Bonchev–Trinajstić information content (AvgIpc) is 2.38. The van der Waals surface area contributed by atoms with Crippen LogP contribution in [0, 0.1) is 0 Å². The predicted molar refractivity (Wildman–Crippen MR) is 58.2 cm³/mol. The van der Waals surface area contributed by atoms with Crippen LogP contribution >= 0.6 is 0 Å². The molecule has 0 spiro atoms. The van der Waals surface area contributed by atoms with Gasteiger partial charge in [0.1, 0.15) is 0 Å². The minimum absolute atomic E-state index is 0.126. The molecular weight excluding hydrogens is 245 g/mol. The van der Waals surface area contributed by atoms with Crippen molar-refractivity contribution in [3.63, 3.8) is 0 Å². The molecular formula is C11H9F3N4. The number of benzene rings is 1. The van der Waals surface area contributed by atoms with E-state index in [1.165, 1.54) is 18.3 Å². The highest BCUT2D eigenvalue weighted by Crippen LogP contribution is 2.30. The highest BCUT2D eigenvalue weighted by Gasteiger charge is 2.29. The first-order valence-corrected chi connectivity index (χ1v) is 5.07. The fourth-order valence-corrected chi connectivity index (χ4v) is 1.40. The summed E-state index contributed by atoms with van der Waals surface area (Å²) >= 11 is 0. The Morgan fingerprint density at radius 2 is 1.78 bits per heavy atom. The topological polar surface area (TPSA) is 64.7 Å². The lowest BCUT2D eigenvalue weighted by atomic mass is 10.1. The summed E-state index contributed by atoms with van der Waals surface area (Å²) < 4.78 is 37.2. The Bertz CT molecular complexity index is 537. The van der Waals surface area contributed by atoms with Gasteiger partial charge in [-0.15, -0.1) is 5.10 Å². The minimum Gasteiger partial charge on any atom is -0.324 e. The van der Waals surface area contributed by atoms with Gasteiger partial charge in [-0.05, 0) is 12.1 Å². The Kier molecular flexibility index (Phi) is 3.24.